The van der Waals surface area contributed by atoms with E-state index in [2.05, 4.69) is 10.6 Å². The van der Waals surface area contributed by atoms with E-state index in [9.17, 15) is 35.5 Å². The summed E-state index contributed by atoms with van der Waals surface area (Å²) in [7, 11) is -8.37. The zero-order valence-corrected chi connectivity index (χ0v) is 16.2. The van der Waals surface area contributed by atoms with Crippen LogP contribution in [0.25, 0.3) is 0 Å². The molecule has 0 heterocycles. The smallest absolute Gasteiger partial charge is 0.748 e. The molecular formula is C8H16N2O8S2Zn. The number of carbonyl (C=O) groups excluding carboxylic acids is 2. The molecule has 21 heavy (non-hydrogen) atoms. The van der Waals surface area contributed by atoms with Gasteiger partial charge in [-0.3, -0.25) is 9.59 Å². The molecule has 0 saturated carbocycles. The maximum absolute atomic E-state index is 10.1. The maximum atomic E-state index is 10.1. The van der Waals surface area contributed by atoms with Crippen LogP contribution in [0, 0.1) is 0 Å². The summed E-state index contributed by atoms with van der Waals surface area (Å²) in [4.78, 5) is 20.2. The number of nitrogens with one attached hydrogen (secondary N) is 2. The second-order valence-corrected chi connectivity index (χ2v) is 6.54. The van der Waals surface area contributed by atoms with E-state index in [1.807, 2.05) is 0 Å². The van der Waals surface area contributed by atoms with Crippen LogP contribution in [0.15, 0.2) is 0 Å². The summed E-state index contributed by atoms with van der Waals surface area (Å²) in [5.41, 5.74) is 0. The minimum Gasteiger partial charge on any atom is -0.748 e. The minimum absolute atomic E-state index is 0. The molecule has 0 aromatic rings. The monoisotopic (exact) mass is 396 g/mol. The first kappa shape index (κ1) is 25.3. The summed E-state index contributed by atoms with van der Waals surface area (Å²) in [5.74, 6) is -1.79. The van der Waals surface area contributed by atoms with E-state index in [0.29, 0.717) is 0 Å². The van der Waals surface area contributed by atoms with Gasteiger partial charge in [-0.25, -0.2) is 16.8 Å². The number of rotatable bonds is 6. The van der Waals surface area contributed by atoms with Crippen LogP contribution in [-0.4, -0.2) is 62.4 Å². The molecule has 120 valence electrons. The fourth-order valence-corrected chi connectivity index (χ4v) is 1.41. The van der Waals surface area contributed by atoms with Gasteiger partial charge >= 0.3 is 19.5 Å². The molecule has 2 amide bonds. The first-order valence-corrected chi connectivity index (χ1v) is 8.35. The second-order valence-electron chi connectivity index (χ2n) is 3.49. The van der Waals surface area contributed by atoms with Gasteiger partial charge in [0.1, 0.15) is 0 Å². The van der Waals surface area contributed by atoms with E-state index in [0.717, 1.165) is 0 Å². The number of carbonyl (C=O) groups is 2. The van der Waals surface area contributed by atoms with Crippen LogP contribution in [0.5, 0.6) is 0 Å². The first-order chi connectivity index (χ1) is 8.83. The largest absolute Gasteiger partial charge is 2.00 e. The van der Waals surface area contributed by atoms with Crippen LogP contribution in [0.1, 0.15) is 13.8 Å². The van der Waals surface area contributed by atoms with E-state index in [1.54, 1.807) is 0 Å². The number of hydrogen-bond donors (Lipinski definition) is 2. The van der Waals surface area contributed by atoms with Crippen molar-refractivity contribution in [3.63, 3.8) is 0 Å². The van der Waals surface area contributed by atoms with E-state index < -0.39 is 31.7 Å². The number of amides is 2. The molecule has 0 aliphatic heterocycles. The Hall–Kier alpha value is -0.617. The van der Waals surface area contributed by atoms with Gasteiger partial charge in [0.2, 0.25) is 11.8 Å². The van der Waals surface area contributed by atoms with Crippen LogP contribution in [-0.2, 0) is 49.3 Å². The molecule has 0 spiro atoms. The third-order valence-electron chi connectivity index (χ3n) is 1.45. The van der Waals surface area contributed by atoms with Crippen LogP contribution < -0.4 is 10.6 Å². The molecule has 13 heteroatoms. The van der Waals surface area contributed by atoms with Gasteiger partial charge < -0.3 is 19.7 Å². The van der Waals surface area contributed by atoms with E-state index in [1.165, 1.54) is 13.8 Å². The Morgan fingerprint density at radius 1 is 0.810 bits per heavy atom. The summed E-state index contributed by atoms with van der Waals surface area (Å²) >= 11 is 0. The van der Waals surface area contributed by atoms with Crippen molar-refractivity contribution in [3.05, 3.63) is 0 Å². The molecule has 0 aliphatic rings. The van der Waals surface area contributed by atoms with Crippen molar-refractivity contribution in [2.75, 3.05) is 24.6 Å². The third-order valence-corrected chi connectivity index (χ3v) is 2.86. The first-order valence-electron chi connectivity index (χ1n) is 5.19. The topological polar surface area (TPSA) is 173 Å². The van der Waals surface area contributed by atoms with Gasteiger partial charge in [0.15, 0.2) is 0 Å². The molecule has 0 unspecified atom stereocenters. The summed E-state index contributed by atoms with van der Waals surface area (Å²) in [6.45, 7) is 2.27. The second kappa shape index (κ2) is 12.0. The van der Waals surface area contributed by atoms with Gasteiger partial charge in [0, 0.05) is 26.9 Å². The average Bonchev–Trinajstić information content (AvgIpc) is 2.12. The van der Waals surface area contributed by atoms with Crippen molar-refractivity contribution in [3.8, 4) is 0 Å². The zero-order chi connectivity index (χ0) is 16.4. The molecule has 0 aromatic carbocycles. The van der Waals surface area contributed by atoms with Crippen molar-refractivity contribution in [1.29, 1.82) is 0 Å². The zero-order valence-electron chi connectivity index (χ0n) is 11.6. The van der Waals surface area contributed by atoms with Gasteiger partial charge in [-0.15, -0.1) is 0 Å². The van der Waals surface area contributed by atoms with Crippen molar-refractivity contribution >= 4 is 32.1 Å². The van der Waals surface area contributed by atoms with Crippen molar-refractivity contribution in [2.24, 2.45) is 0 Å². The van der Waals surface area contributed by atoms with E-state index in [-0.39, 0.29) is 44.4 Å². The Kier molecular flexibility index (Phi) is 14.5. The average molecular weight is 398 g/mol. The Labute approximate surface area is 136 Å². The van der Waals surface area contributed by atoms with Crippen LogP contribution in [0.2, 0.25) is 0 Å². The molecular weight excluding hydrogens is 382 g/mol. The molecule has 0 radical (unpaired) electrons. The Bertz CT molecular complexity index is 468. The van der Waals surface area contributed by atoms with Gasteiger partial charge in [-0.1, -0.05) is 0 Å². The normalized spacial score (nSPS) is 10.5. The van der Waals surface area contributed by atoms with Crippen LogP contribution in [0.4, 0.5) is 0 Å². The molecule has 0 fully saturated rings. The predicted octanol–water partition coefficient (Wildman–Crippen LogP) is -2.67. The number of hydrogen-bond acceptors (Lipinski definition) is 8. The standard InChI is InChI=1S/2C4H9NO4S.Zn/c2*1-4(6)5-2-3-10(7,8)9;/h2*2-3H2,1H3,(H,5,6)(H,7,8,9);/q;;+2/p-2. The Morgan fingerprint density at radius 3 is 1.19 bits per heavy atom. The Morgan fingerprint density at radius 2 is 1.05 bits per heavy atom. The van der Waals surface area contributed by atoms with Crippen LogP contribution in [0.3, 0.4) is 0 Å². The van der Waals surface area contributed by atoms with Gasteiger partial charge in [-0.2, -0.15) is 0 Å². The summed E-state index contributed by atoms with van der Waals surface area (Å²) in [6, 6.07) is 0. The SMILES string of the molecule is CC(=O)NCCS(=O)(=O)[O-].CC(=O)NCCS(=O)(=O)[O-].[Zn+2]. The van der Waals surface area contributed by atoms with E-state index >= 15 is 0 Å². The molecule has 0 saturated heterocycles. The fraction of sp³-hybridized carbons (Fsp3) is 0.750. The maximum Gasteiger partial charge on any atom is 2.00 e. The summed E-state index contributed by atoms with van der Waals surface area (Å²) in [6.07, 6.45) is 0. The van der Waals surface area contributed by atoms with Crippen molar-refractivity contribution in [1.82, 2.24) is 10.6 Å². The molecule has 10 nitrogen and oxygen atoms in total. The van der Waals surface area contributed by atoms with Gasteiger partial charge in [0.05, 0.1) is 31.7 Å². The minimum atomic E-state index is -4.18. The third kappa shape index (κ3) is 32.7. The molecule has 0 bridgehead atoms. The van der Waals surface area contributed by atoms with Crippen LogP contribution >= 0.6 is 0 Å². The van der Waals surface area contributed by atoms with Gasteiger partial charge in [0.25, 0.3) is 0 Å². The molecule has 0 aromatic heterocycles. The quantitative estimate of drug-likeness (QED) is 0.360. The summed E-state index contributed by atoms with van der Waals surface area (Å²) in [5, 5.41) is 4.37. The Balaban J connectivity index is -0.000000295. The molecule has 0 atom stereocenters. The fourth-order valence-electron chi connectivity index (χ4n) is 0.704. The summed E-state index contributed by atoms with van der Waals surface area (Å²) < 4.78 is 59.4. The van der Waals surface area contributed by atoms with E-state index in [4.69, 9.17) is 0 Å². The molecule has 2 N–H and O–H groups in total. The molecule has 0 rings (SSSR count). The molecule has 0 aliphatic carbocycles. The van der Waals surface area contributed by atoms with Gasteiger partial charge in [-0.05, 0) is 0 Å². The van der Waals surface area contributed by atoms with Crippen molar-refractivity contribution < 1.29 is 55.0 Å². The predicted molar refractivity (Wildman–Crippen MR) is 66.5 cm³/mol. The van der Waals surface area contributed by atoms with Crippen molar-refractivity contribution in [2.45, 2.75) is 13.8 Å².